The number of benzene rings is 1. The Balaban J connectivity index is 1.91. The summed E-state index contributed by atoms with van der Waals surface area (Å²) in [5, 5.41) is 3.03. The summed E-state index contributed by atoms with van der Waals surface area (Å²) in [4.78, 5) is 8.41. The van der Waals surface area contributed by atoms with Crippen LogP contribution in [-0.2, 0) is 0 Å². The van der Waals surface area contributed by atoms with Crippen molar-refractivity contribution in [3.63, 3.8) is 0 Å². The van der Waals surface area contributed by atoms with Crippen LogP contribution in [0.2, 0.25) is 0 Å². The van der Waals surface area contributed by atoms with E-state index in [1.54, 1.807) is 6.33 Å². The topological polar surface area (TPSA) is 37.8 Å². The van der Waals surface area contributed by atoms with Crippen molar-refractivity contribution in [1.82, 2.24) is 9.97 Å². The first-order valence-electron chi connectivity index (χ1n) is 5.97. The molecule has 0 spiro atoms. The van der Waals surface area contributed by atoms with Crippen LogP contribution < -0.4 is 5.32 Å². The second-order valence-electron chi connectivity index (χ2n) is 4.43. The van der Waals surface area contributed by atoms with E-state index in [9.17, 15) is 0 Å². The molecule has 0 saturated heterocycles. The van der Waals surface area contributed by atoms with E-state index in [2.05, 4.69) is 39.6 Å². The van der Waals surface area contributed by atoms with Crippen LogP contribution in [0.1, 0.15) is 24.3 Å². The van der Waals surface area contributed by atoms with Crippen molar-refractivity contribution in [2.24, 2.45) is 0 Å². The summed E-state index contributed by atoms with van der Waals surface area (Å²) < 4.78 is 0. The van der Waals surface area contributed by atoms with Crippen molar-refractivity contribution in [3.05, 3.63) is 42.2 Å². The summed E-state index contributed by atoms with van der Waals surface area (Å²) in [5.41, 5.74) is 3.57. The quantitative estimate of drug-likeness (QED) is 0.872. The lowest BCUT2D eigenvalue weighted by Gasteiger charge is -2.04. The van der Waals surface area contributed by atoms with Gasteiger partial charge in [0.1, 0.15) is 12.1 Å². The molecule has 3 nitrogen and oxygen atoms in total. The van der Waals surface area contributed by atoms with E-state index in [0.29, 0.717) is 0 Å². The number of nitrogens with one attached hydrogen (secondary N) is 1. The van der Waals surface area contributed by atoms with Gasteiger partial charge in [0.05, 0.1) is 5.69 Å². The van der Waals surface area contributed by atoms with Crippen molar-refractivity contribution >= 4 is 5.82 Å². The lowest BCUT2D eigenvalue weighted by Crippen LogP contribution is -1.94. The Hall–Kier alpha value is -1.90. The number of rotatable bonds is 3. The van der Waals surface area contributed by atoms with Crippen LogP contribution in [0.25, 0.3) is 11.3 Å². The Morgan fingerprint density at radius 1 is 1.12 bits per heavy atom. The highest BCUT2D eigenvalue weighted by atomic mass is 15.0. The normalized spacial score (nSPS) is 14.6. The Labute approximate surface area is 101 Å². The molecule has 1 aromatic heterocycles. The molecule has 3 heteroatoms. The molecule has 1 fully saturated rings. The van der Waals surface area contributed by atoms with Crippen molar-refractivity contribution < 1.29 is 0 Å². The minimum Gasteiger partial charge on any atom is -0.373 e. The molecular weight excluding hydrogens is 210 g/mol. The third-order valence-corrected chi connectivity index (χ3v) is 3.18. The molecule has 0 atom stereocenters. The molecule has 1 saturated carbocycles. The molecular formula is C14H15N3. The van der Waals surface area contributed by atoms with Crippen molar-refractivity contribution in [1.29, 1.82) is 0 Å². The van der Waals surface area contributed by atoms with Crippen LogP contribution >= 0.6 is 0 Å². The smallest absolute Gasteiger partial charge is 0.129 e. The number of hydrogen-bond acceptors (Lipinski definition) is 3. The van der Waals surface area contributed by atoms with Crippen molar-refractivity contribution in [2.45, 2.75) is 18.8 Å². The molecule has 1 aliphatic carbocycles. The summed E-state index contributed by atoms with van der Waals surface area (Å²) in [6.45, 7) is 0. The largest absolute Gasteiger partial charge is 0.373 e. The first-order valence-corrected chi connectivity index (χ1v) is 5.97. The van der Waals surface area contributed by atoms with E-state index >= 15 is 0 Å². The number of nitrogens with zero attached hydrogens (tertiary/aromatic N) is 2. The fourth-order valence-electron chi connectivity index (χ4n) is 1.99. The molecule has 17 heavy (non-hydrogen) atoms. The number of aromatic nitrogens is 2. The second kappa shape index (κ2) is 4.17. The van der Waals surface area contributed by atoms with Crippen LogP contribution in [0.5, 0.6) is 0 Å². The minimum absolute atomic E-state index is 0.808. The summed E-state index contributed by atoms with van der Waals surface area (Å²) in [7, 11) is 1.86. The molecule has 0 bridgehead atoms. The second-order valence-corrected chi connectivity index (χ2v) is 4.43. The van der Waals surface area contributed by atoms with E-state index in [-0.39, 0.29) is 0 Å². The van der Waals surface area contributed by atoms with Gasteiger partial charge in [-0.1, -0.05) is 24.3 Å². The van der Waals surface area contributed by atoms with Crippen LogP contribution in [0, 0.1) is 0 Å². The Bertz CT molecular complexity index is 515. The van der Waals surface area contributed by atoms with E-state index in [0.717, 1.165) is 23.0 Å². The highest BCUT2D eigenvalue weighted by Crippen LogP contribution is 2.40. The first-order chi connectivity index (χ1) is 8.36. The van der Waals surface area contributed by atoms with Gasteiger partial charge in [-0.3, -0.25) is 0 Å². The molecule has 0 unspecified atom stereocenters. The summed E-state index contributed by atoms with van der Waals surface area (Å²) >= 11 is 0. The summed E-state index contributed by atoms with van der Waals surface area (Å²) in [5.74, 6) is 1.66. The molecule has 1 aromatic carbocycles. The zero-order valence-electron chi connectivity index (χ0n) is 9.85. The third-order valence-electron chi connectivity index (χ3n) is 3.18. The number of hydrogen-bond donors (Lipinski definition) is 1. The average molecular weight is 225 g/mol. The fraction of sp³-hybridized carbons (Fsp3) is 0.286. The Morgan fingerprint density at radius 3 is 2.53 bits per heavy atom. The lowest BCUT2D eigenvalue weighted by atomic mass is 10.1. The molecule has 3 rings (SSSR count). The van der Waals surface area contributed by atoms with Crippen LogP contribution in [0.15, 0.2) is 36.7 Å². The molecule has 86 valence electrons. The van der Waals surface area contributed by atoms with Gasteiger partial charge in [0.2, 0.25) is 0 Å². The van der Waals surface area contributed by atoms with E-state index in [1.807, 2.05) is 13.1 Å². The van der Waals surface area contributed by atoms with E-state index in [4.69, 9.17) is 0 Å². The van der Waals surface area contributed by atoms with Crippen molar-refractivity contribution in [2.75, 3.05) is 12.4 Å². The Kier molecular flexibility index (Phi) is 2.52. The predicted molar refractivity (Wildman–Crippen MR) is 69.0 cm³/mol. The van der Waals surface area contributed by atoms with Gasteiger partial charge in [-0.2, -0.15) is 0 Å². The van der Waals surface area contributed by atoms with Crippen LogP contribution in [-0.4, -0.2) is 17.0 Å². The maximum Gasteiger partial charge on any atom is 0.129 e. The number of anilines is 1. The molecule has 0 aliphatic heterocycles. The van der Waals surface area contributed by atoms with Crippen LogP contribution in [0.4, 0.5) is 5.82 Å². The highest BCUT2D eigenvalue weighted by Gasteiger charge is 2.22. The maximum atomic E-state index is 4.30. The summed E-state index contributed by atoms with van der Waals surface area (Å²) in [6, 6.07) is 10.7. The summed E-state index contributed by atoms with van der Waals surface area (Å²) in [6.07, 6.45) is 4.28. The van der Waals surface area contributed by atoms with Gasteiger partial charge in [0, 0.05) is 18.7 Å². The van der Waals surface area contributed by atoms with E-state index < -0.39 is 0 Å². The van der Waals surface area contributed by atoms with Crippen LogP contribution in [0.3, 0.4) is 0 Å². The minimum atomic E-state index is 0.808. The first kappa shape index (κ1) is 10.3. The molecule has 0 radical (unpaired) electrons. The van der Waals surface area contributed by atoms with Gasteiger partial charge in [0.25, 0.3) is 0 Å². The Morgan fingerprint density at radius 2 is 1.88 bits per heavy atom. The molecule has 0 amide bonds. The molecule has 1 N–H and O–H groups in total. The molecule has 2 aromatic rings. The third kappa shape index (κ3) is 2.13. The monoisotopic (exact) mass is 225 g/mol. The zero-order chi connectivity index (χ0) is 11.7. The SMILES string of the molecule is CNc1cc(-c2ccc(C3CC3)cc2)ncn1. The van der Waals surface area contributed by atoms with Gasteiger partial charge in [-0.15, -0.1) is 0 Å². The van der Waals surface area contributed by atoms with Crippen molar-refractivity contribution in [3.8, 4) is 11.3 Å². The van der Waals surface area contributed by atoms with Gasteiger partial charge in [0.15, 0.2) is 0 Å². The molecule has 1 aliphatic rings. The van der Waals surface area contributed by atoms with Gasteiger partial charge in [-0.25, -0.2) is 9.97 Å². The maximum absolute atomic E-state index is 4.30. The predicted octanol–water partition coefficient (Wildman–Crippen LogP) is 3.06. The van der Waals surface area contributed by atoms with Gasteiger partial charge >= 0.3 is 0 Å². The molecule has 1 heterocycles. The zero-order valence-corrected chi connectivity index (χ0v) is 9.85. The standard InChI is InChI=1S/C14H15N3/c1-15-14-8-13(16-9-17-14)12-6-4-11(5-7-12)10-2-3-10/h4-10H,2-3H2,1H3,(H,15,16,17). The van der Waals surface area contributed by atoms with Gasteiger partial charge < -0.3 is 5.32 Å². The van der Waals surface area contributed by atoms with E-state index in [1.165, 1.54) is 18.4 Å². The lowest BCUT2D eigenvalue weighted by molar-refractivity contribution is 1.13. The fourth-order valence-corrected chi connectivity index (χ4v) is 1.99. The highest BCUT2D eigenvalue weighted by molar-refractivity contribution is 5.62. The van der Waals surface area contributed by atoms with Gasteiger partial charge in [-0.05, 0) is 24.3 Å². The average Bonchev–Trinajstić information content (AvgIpc) is 3.23.